The molecule has 1 rings (SSSR count). The van der Waals surface area contributed by atoms with Crippen molar-refractivity contribution in [1.82, 2.24) is 9.78 Å². The second kappa shape index (κ2) is 5.00. The van der Waals surface area contributed by atoms with Gasteiger partial charge in [-0.05, 0) is 18.4 Å². The van der Waals surface area contributed by atoms with Crippen molar-refractivity contribution < 1.29 is 9.53 Å². The van der Waals surface area contributed by atoms with Crippen molar-refractivity contribution in [1.29, 1.82) is 0 Å². The zero-order valence-corrected chi connectivity index (χ0v) is 11.6. The smallest absolute Gasteiger partial charge is 0.167 e. The van der Waals surface area contributed by atoms with Crippen molar-refractivity contribution in [3.8, 4) is 0 Å². The summed E-state index contributed by atoms with van der Waals surface area (Å²) in [6, 6.07) is 1.94. The predicted molar refractivity (Wildman–Crippen MR) is 66.9 cm³/mol. The molecule has 17 heavy (non-hydrogen) atoms. The van der Waals surface area contributed by atoms with Crippen LogP contribution < -0.4 is 0 Å². The number of hydrogen-bond acceptors (Lipinski definition) is 3. The van der Waals surface area contributed by atoms with Crippen LogP contribution >= 0.6 is 0 Å². The van der Waals surface area contributed by atoms with Gasteiger partial charge in [0.2, 0.25) is 0 Å². The number of carbonyl (C=O) groups excluding carboxylic acids is 1. The Morgan fingerprint density at radius 3 is 2.47 bits per heavy atom. The van der Waals surface area contributed by atoms with E-state index in [0.29, 0.717) is 6.42 Å². The van der Waals surface area contributed by atoms with Gasteiger partial charge in [-0.3, -0.25) is 9.48 Å². The molecular formula is C13H22N2O2. The molecule has 4 nitrogen and oxygen atoms in total. The monoisotopic (exact) mass is 238 g/mol. The van der Waals surface area contributed by atoms with E-state index in [1.54, 1.807) is 11.8 Å². The lowest BCUT2D eigenvalue weighted by atomic mass is 9.85. The van der Waals surface area contributed by atoms with Crippen LogP contribution in [-0.4, -0.2) is 28.8 Å². The third kappa shape index (κ3) is 3.40. The molecule has 0 aliphatic carbocycles. The maximum atomic E-state index is 12.2. The van der Waals surface area contributed by atoms with E-state index in [1.807, 2.05) is 40.8 Å². The lowest BCUT2D eigenvalue weighted by molar-refractivity contribution is -0.134. The molecule has 4 heteroatoms. The number of carbonyl (C=O) groups is 1. The molecule has 0 saturated heterocycles. The first-order valence-electron chi connectivity index (χ1n) is 5.80. The molecule has 0 aliphatic rings. The summed E-state index contributed by atoms with van der Waals surface area (Å²) in [5.74, 6) is 0.100. The van der Waals surface area contributed by atoms with E-state index in [0.717, 1.165) is 11.4 Å². The quantitative estimate of drug-likeness (QED) is 0.804. The zero-order valence-electron chi connectivity index (χ0n) is 11.6. The molecule has 1 aromatic heterocycles. The minimum absolute atomic E-state index is 0.100. The molecule has 0 aliphatic heterocycles. The number of ketones is 1. The summed E-state index contributed by atoms with van der Waals surface area (Å²) >= 11 is 0. The van der Waals surface area contributed by atoms with Gasteiger partial charge in [-0.2, -0.15) is 5.10 Å². The summed E-state index contributed by atoms with van der Waals surface area (Å²) in [5.41, 5.74) is 1.68. The molecule has 1 aromatic rings. The number of aryl methyl sites for hydroxylation is 2. The predicted octanol–water partition coefficient (Wildman–Crippen LogP) is 1.90. The van der Waals surface area contributed by atoms with Crippen LogP contribution in [0, 0.1) is 12.3 Å². The highest BCUT2D eigenvalue weighted by molar-refractivity contribution is 5.85. The molecule has 0 fully saturated rings. The number of methoxy groups -OCH3 is 1. The van der Waals surface area contributed by atoms with Gasteiger partial charge in [0.05, 0.1) is 12.1 Å². The molecule has 0 bridgehead atoms. The van der Waals surface area contributed by atoms with Crippen molar-refractivity contribution in [2.75, 3.05) is 7.11 Å². The van der Waals surface area contributed by atoms with Gasteiger partial charge in [-0.1, -0.05) is 20.8 Å². The average molecular weight is 238 g/mol. The summed E-state index contributed by atoms with van der Waals surface area (Å²) in [6.07, 6.45) is -0.00895. The number of ether oxygens (including phenoxy) is 1. The van der Waals surface area contributed by atoms with Crippen molar-refractivity contribution >= 4 is 5.78 Å². The van der Waals surface area contributed by atoms with Gasteiger partial charge in [-0.25, -0.2) is 0 Å². The van der Waals surface area contributed by atoms with E-state index < -0.39 is 0 Å². The minimum Gasteiger partial charge on any atom is -0.373 e. The lowest BCUT2D eigenvalue weighted by Crippen LogP contribution is -2.37. The first kappa shape index (κ1) is 13.9. The number of nitrogens with zero attached hydrogens (tertiary/aromatic N) is 2. The normalized spacial score (nSPS) is 13.8. The Hall–Kier alpha value is -1.16. The van der Waals surface area contributed by atoms with Gasteiger partial charge in [0.15, 0.2) is 5.78 Å². The third-order valence-corrected chi connectivity index (χ3v) is 2.77. The molecule has 1 unspecified atom stereocenters. The highest BCUT2D eigenvalue weighted by atomic mass is 16.5. The fourth-order valence-corrected chi connectivity index (χ4v) is 2.07. The largest absolute Gasteiger partial charge is 0.373 e. The SMILES string of the molecule is COC(C(=O)Cc1cc(C)nn1C)C(C)(C)C. The van der Waals surface area contributed by atoms with Gasteiger partial charge in [0.1, 0.15) is 6.10 Å². The van der Waals surface area contributed by atoms with E-state index in [9.17, 15) is 4.79 Å². The Balaban J connectivity index is 2.81. The molecule has 0 saturated carbocycles. The second-order valence-electron chi connectivity index (χ2n) is 5.53. The van der Waals surface area contributed by atoms with E-state index in [4.69, 9.17) is 4.74 Å². The van der Waals surface area contributed by atoms with E-state index in [1.165, 1.54) is 0 Å². The first-order chi connectivity index (χ1) is 7.75. The van der Waals surface area contributed by atoms with Crippen LogP contribution in [-0.2, 0) is 23.0 Å². The molecule has 0 N–H and O–H groups in total. The summed E-state index contributed by atoms with van der Waals surface area (Å²) in [4.78, 5) is 12.2. The number of Topliss-reactive ketones (excluding diaryl/α,β-unsaturated/α-hetero) is 1. The Bertz CT molecular complexity index is 402. The maximum Gasteiger partial charge on any atom is 0.167 e. The highest BCUT2D eigenvalue weighted by Gasteiger charge is 2.31. The van der Waals surface area contributed by atoms with Crippen LogP contribution in [0.5, 0.6) is 0 Å². The second-order valence-corrected chi connectivity index (χ2v) is 5.53. The van der Waals surface area contributed by atoms with Crippen LogP contribution in [0.2, 0.25) is 0 Å². The third-order valence-electron chi connectivity index (χ3n) is 2.77. The van der Waals surface area contributed by atoms with Gasteiger partial charge in [-0.15, -0.1) is 0 Å². The van der Waals surface area contributed by atoms with Gasteiger partial charge in [0.25, 0.3) is 0 Å². The fourth-order valence-electron chi connectivity index (χ4n) is 2.07. The summed E-state index contributed by atoms with van der Waals surface area (Å²) in [5, 5.41) is 4.24. The minimum atomic E-state index is -0.377. The molecule has 1 atom stereocenters. The summed E-state index contributed by atoms with van der Waals surface area (Å²) in [6.45, 7) is 7.94. The molecule has 0 spiro atoms. The molecule has 0 aromatic carbocycles. The van der Waals surface area contributed by atoms with E-state index in [2.05, 4.69) is 5.10 Å². The maximum absolute atomic E-state index is 12.2. The van der Waals surface area contributed by atoms with Crippen LogP contribution in [0.25, 0.3) is 0 Å². The Morgan fingerprint density at radius 2 is 2.12 bits per heavy atom. The van der Waals surface area contributed by atoms with Crippen LogP contribution in [0.15, 0.2) is 6.07 Å². The Kier molecular flexibility index (Phi) is 4.09. The number of aromatic nitrogens is 2. The first-order valence-corrected chi connectivity index (χ1v) is 5.80. The molecule has 1 heterocycles. The van der Waals surface area contributed by atoms with Crippen molar-refractivity contribution in [2.24, 2.45) is 12.5 Å². The van der Waals surface area contributed by atoms with E-state index >= 15 is 0 Å². The van der Waals surface area contributed by atoms with Gasteiger partial charge in [0, 0.05) is 19.9 Å². The van der Waals surface area contributed by atoms with Crippen molar-refractivity contribution in [2.45, 2.75) is 40.2 Å². The molecule has 96 valence electrons. The average Bonchev–Trinajstić information content (AvgIpc) is 2.43. The van der Waals surface area contributed by atoms with Crippen LogP contribution in [0.3, 0.4) is 0 Å². The van der Waals surface area contributed by atoms with Crippen LogP contribution in [0.4, 0.5) is 0 Å². The van der Waals surface area contributed by atoms with Gasteiger partial charge < -0.3 is 4.74 Å². The lowest BCUT2D eigenvalue weighted by Gasteiger charge is -2.27. The summed E-state index contributed by atoms with van der Waals surface area (Å²) < 4.78 is 7.07. The standard InChI is InChI=1S/C13H22N2O2/c1-9-7-10(15(5)14-9)8-11(16)12(17-6)13(2,3)4/h7,12H,8H2,1-6H3. The zero-order chi connectivity index (χ0) is 13.2. The summed E-state index contributed by atoms with van der Waals surface area (Å²) in [7, 11) is 3.44. The number of rotatable bonds is 4. The van der Waals surface area contributed by atoms with Crippen molar-refractivity contribution in [3.63, 3.8) is 0 Å². The highest BCUT2D eigenvalue weighted by Crippen LogP contribution is 2.23. The topological polar surface area (TPSA) is 44.1 Å². The Labute approximate surface area is 103 Å². The molecular weight excluding hydrogens is 216 g/mol. The van der Waals surface area contributed by atoms with E-state index in [-0.39, 0.29) is 17.3 Å². The fraction of sp³-hybridized carbons (Fsp3) is 0.692. The van der Waals surface area contributed by atoms with Gasteiger partial charge >= 0.3 is 0 Å². The Morgan fingerprint density at radius 1 is 1.53 bits per heavy atom. The molecule has 0 amide bonds. The number of hydrogen-bond donors (Lipinski definition) is 0. The van der Waals surface area contributed by atoms with Crippen molar-refractivity contribution in [3.05, 3.63) is 17.5 Å². The van der Waals surface area contributed by atoms with Crippen LogP contribution in [0.1, 0.15) is 32.2 Å². The molecule has 0 radical (unpaired) electrons.